The molecule has 0 radical (unpaired) electrons. The van der Waals surface area contributed by atoms with Crippen molar-refractivity contribution in [2.45, 2.75) is 28.0 Å². The highest BCUT2D eigenvalue weighted by Crippen LogP contribution is 2.41. The molecule has 2 unspecified atom stereocenters. The molecule has 2 aromatic rings. The number of β-lactam (4-membered cyclic amide) rings is 1. The smallest absolute Gasteiger partial charge is 0.352 e. The van der Waals surface area contributed by atoms with Gasteiger partial charge in [-0.25, -0.2) is 9.48 Å². The van der Waals surface area contributed by atoms with E-state index in [4.69, 9.17) is 0 Å². The van der Waals surface area contributed by atoms with E-state index in [1.165, 1.54) is 39.3 Å². The van der Waals surface area contributed by atoms with Crippen molar-refractivity contribution in [2.75, 3.05) is 17.3 Å². The highest BCUT2D eigenvalue weighted by molar-refractivity contribution is 8.01. The van der Waals surface area contributed by atoms with Crippen molar-refractivity contribution in [2.24, 2.45) is 7.05 Å². The number of nitrogens with zero attached hydrogens (tertiary/aromatic N) is 7. The molecular weight excluding hydrogens is 482 g/mol. The van der Waals surface area contributed by atoms with Crippen LogP contribution in [0.3, 0.4) is 0 Å². The van der Waals surface area contributed by atoms with Gasteiger partial charge in [-0.2, -0.15) is 10.3 Å². The molecule has 17 heteroatoms. The molecule has 0 aliphatic carbocycles. The number of H-pyrrole nitrogens is 1. The Morgan fingerprint density at radius 3 is 2.94 bits per heavy atom. The maximum absolute atomic E-state index is 12.7. The molecule has 0 aromatic carbocycles. The Morgan fingerprint density at radius 2 is 2.28 bits per heavy atom. The maximum atomic E-state index is 12.7. The summed E-state index contributed by atoms with van der Waals surface area (Å²) in [7, 11) is -0.0228. The molecular formula is C15H17N9O5S3. The molecule has 2 amide bonds. The van der Waals surface area contributed by atoms with Gasteiger partial charge < -0.3 is 10.4 Å². The molecule has 170 valence electrons. The second-order valence-corrected chi connectivity index (χ2v) is 10.3. The van der Waals surface area contributed by atoms with Crippen LogP contribution in [-0.2, 0) is 32.2 Å². The van der Waals surface area contributed by atoms with Gasteiger partial charge in [0.05, 0.1) is 17.0 Å². The first-order chi connectivity index (χ1) is 15.4. The van der Waals surface area contributed by atoms with Gasteiger partial charge in [0, 0.05) is 30.7 Å². The van der Waals surface area contributed by atoms with Gasteiger partial charge in [-0.3, -0.25) is 18.7 Å². The van der Waals surface area contributed by atoms with Crippen molar-refractivity contribution in [1.29, 1.82) is 0 Å². The van der Waals surface area contributed by atoms with Crippen LogP contribution in [-0.4, -0.2) is 96.3 Å². The number of rotatable bonds is 9. The number of hydrogen-bond acceptors (Lipinski definition) is 11. The molecule has 32 heavy (non-hydrogen) atoms. The zero-order valence-electron chi connectivity index (χ0n) is 16.5. The number of carboxylic acid groups (broad SMARTS) is 1. The van der Waals surface area contributed by atoms with Crippen molar-refractivity contribution < 1.29 is 23.7 Å². The van der Waals surface area contributed by atoms with E-state index >= 15 is 0 Å². The number of hydrogen-bond donors (Lipinski definition) is 3. The van der Waals surface area contributed by atoms with Crippen molar-refractivity contribution in [3.8, 4) is 0 Å². The van der Waals surface area contributed by atoms with Gasteiger partial charge in [0.25, 0.3) is 5.91 Å². The van der Waals surface area contributed by atoms with Crippen LogP contribution in [0.2, 0.25) is 0 Å². The summed E-state index contributed by atoms with van der Waals surface area (Å²) in [5.41, 5.74) is 0.536. The first kappa shape index (κ1) is 22.4. The summed E-state index contributed by atoms with van der Waals surface area (Å²) in [5.74, 6) is -1.41. The van der Waals surface area contributed by atoms with Gasteiger partial charge in [-0.05, 0) is 16.0 Å². The monoisotopic (exact) mass is 499 g/mol. The minimum Gasteiger partial charge on any atom is -0.477 e. The number of tetrazole rings is 1. The van der Waals surface area contributed by atoms with Crippen LogP contribution < -0.4 is 5.32 Å². The molecule has 14 nitrogen and oxygen atoms in total. The lowest BCUT2D eigenvalue weighted by atomic mass is 10.0. The van der Waals surface area contributed by atoms with Crippen molar-refractivity contribution in [1.82, 2.24) is 45.8 Å². The van der Waals surface area contributed by atoms with E-state index in [0.717, 1.165) is 0 Å². The fourth-order valence-corrected chi connectivity index (χ4v) is 6.43. The number of amides is 2. The van der Waals surface area contributed by atoms with E-state index in [-0.39, 0.29) is 23.0 Å². The van der Waals surface area contributed by atoms with E-state index in [1.807, 2.05) is 0 Å². The highest BCUT2D eigenvalue weighted by Gasteiger charge is 2.54. The Labute approximate surface area is 191 Å². The molecule has 1 fully saturated rings. The van der Waals surface area contributed by atoms with Crippen LogP contribution >= 0.6 is 23.5 Å². The second kappa shape index (κ2) is 9.37. The predicted molar refractivity (Wildman–Crippen MR) is 111 cm³/mol. The molecule has 2 aromatic heterocycles. The number of aliphatic carboxylic acids is 1. The highest BCUT2D eigenvalue weighted by atomic mass is 32.2. The van der Waals surface area contributed by atoms with Crippen LogP contribution in [0.4, 0.5) is 0 Å². The number of carboxylic acids is 1. The summed E-state index contributed by atoms with van der Waals surface area (Å²) in [5, 5.41) is 33.3. The average Bonchev–Trinajstić information content (AvgIpc) is 3.45. The van der Waals surface area contributed by atoms with Crippen molar-refractivity contribution in [3.63, 3.8) is 0 Å². The third-order valence-electron chi connectivity index (χ3n) is 4.65. The number of fused-ring (bicyclic) bond motifs is 1. The molecule has 3 atom stereocenters. The van der Waals surface area contributed by atoms with Crippen molar-refractivity contribution >= 4 is 52.1 Å². The second-order valence-electron chi connectivity index (χ2n) is 6.69. The first-order valence-electron chi connectivity index (χ1n) is 9.15. The number of aromatic nitrogens is 7. The average molecular weight is 500 g/mol. The van der Waals surface area contributed by atoms with Gasteiger partial charge in [0.15, 0.2) is 0 Å². The molecule has 1 saturated heterocycles. The molecule has 4 heterocycles. The largest absolute Gasteiger partial charge is 0.477 e. The van der Waals surface area contributed by atoms with Gasteiger partial charge >= 0.3 is 5.97 Å². The van der Waals surface area contributed by atoms with Gasteiger partial charge in [-0.15, -0.1) is 16.9 Å². The van der Waals surface area contributed by atoms with Gasteiger partial charge in [0.1, 0.15) is 22.1 Å². The number of aryl methyl sites for hydroxylation is 1. The van der Waals surface area contributed by atoms with E-state index in [1.54, 1.807) is 7.05 Å². The van der Waals surface area contributed by atoms with Crippen LogP contribution in [0.25, 0.3) is 0 Å². The van der Waals surface area contributed by atoms with Crippen LogP contribution in [0.15, 0.2) is 27.6 Å². The normalized spacial score (nSPS) is 21.2. The standard InChI is InChI=1S/C15H17N9O5S3/c1-23-15(19-21-22-23)32(29)3-2-8(25)17-10-12(26)24-11(14(27)28)7(6-31-13(10)24)5-30-9-4-16-20-18-9/h4,10,13H,2-3,5-6H2,1H3,(H,17,25)(H,27,28)(H,16,18,20)/t10?,13-,32?/m1/s1. The summed E-state index contributed by atoms with van der Waals surface area (Å²) in [4.78, 5) is 38.1. The Morgan fingerprint density at radius 1 is 1.47 bits per heavy atom. The summed E-state index contributed by atoms with van der Waals surface area (Å²) in [6.45, 7) is 0. The van der Waals surface area contributed by atoms with Crippen LogP contribution in [0, 0.1) is 0 Å². The van der Waals surface area contributed by atoms with Crippen LogP contribution in [0.1, 0.15) is 6.42 Å². The topological polar surface area (TPSA) is 189 Å². The third-order valence-corrected chi connectivity index (χ3v) is 8.31. The lowest BCUT2D eigenvalue weighted by Crippen LogP contribution is -2.70. The number of carbonyl (C=O) groups is 3. The predicted octanol–water partition coefficient (Wildman–Crippen LogP) is -1.64. The molecule has 0 bridgehead atoms. The summed E-state index contributed by atoms with van der Waals surface area (Å²) >= 11 is 2.69. The molecule has 2 aliphatic rings. The number of nitrogens with one attached hydrogen (secondary N) is 2. The minimum atomic E-state index is -1.57. The lowest BCUT2D eigenvalue weighted by molar-refractivity contribution is -0.150. The fourth-order valence-electron chi connectivity index (χ4n) is 3.15. The number of thioether (sulfide) groups is 2. The lowest BCUT2D eigenvalue weighted by Gasteiger charge is -2.49. The summed E-state index contributed by atoms with van der Waals surface area (Å²) in [6.07, 6.45) is 1.43. The number of aromatic amines is 1. The Kier molecular flexibility index (Phi) is 6.56. The Balaban J connectivity index is 1.36. The van der Waals surface area contributed by atoms with E-state index in [2.05, 4.69) is 36.3 Å². The SMILES string of the molecule is Cn1nnnc1S(=O)CCC(=O)NC1C(=O)N2C(C(=O)O)=C(CSc3cn[nH]n3)CS[C@H]12. The molecule has 2 aliphatic heterocycles. The van der Waals surface area contributed by atoms with E-state index in [9.17, 15) is 23.7 Å². The van der Waals surface area contributed by atoms with Gasteiger partial charge in [-0.1, -0.05) is 16.9 Å². The fraction of sp³-hybridized carbons (Fsp3) is 0.467. The molecule has 4 rings (SSSR count). The zero-order chi connectivity index (χ0) is 22.8. The molecule has 0 spiro atoms. The number of carbonyl (C=O) groups excluding carboxylic acids is 2. The van der Waals surface area contributed by atoms with E-state index < -0.39 is 40.0 Å². The van der Waals surface area contributed by atoms with E-state index in [0.29, 0.717) is 22.1 Å². The van der Waals surface area contributed by atoms with Gasteiger partial charge in [0.2, 0.25) is 11.1 Å². The zero-order valence-corrected chi connectivity index (χ0v) is 18.9. The maximum Gasteiger partial charge on any atom is 0.352 e. The summed E-state index contributed by atoms with van der Waals surface area (Å²) in [6, 6.07) is -0.837. The first-order valence-corrected chi connectivity index (χ1v) is 12.5. The minimum absolute atomic E-state index is 0.00776. The quantitative estimate of drug-likeness (QED) is 0.264. The van der Waals surface area contributed by atoms with Crippen LogP contribution in [0.5, 0.6) is 0 Å². The van der Waals surface area contributed by atoms with Crippen molar-refractivity contribution in [3.05, 3.63) is 17.5 Å². The summed E-state index contributed by atoms with van der Waals surface area (Å²) < 4.78 is 13.5. The molecule has 3 N–H and O–H groups in total. The third kappa shape index (κ3) is 4.40. The Bertz CT molecular complexity index is 1100. The Hall–Kier alpha value is -2.79. The molecule has 0 saturated carbocycles.